The lowest BCUT2D eigenvalue weighted by Crippen LogP contribution is -2.34. The van der Waals surface area contributed by atoms with E-state index in [1.807, 2.05) is 30.3 Å². The zero-order valence-electron chi connectivity index (χ0n) is 18.8. The van der Waals surface area contributed by atoms with E-state index >= 15 is 0 Å². The predicted octanol–water partition coefficient (Wildman–Crippen LogP) is 1.77. The van der Waals surface area contributed by atoms with Crippen LogP contribution in [0.2, 0.25) is 0 Å². The summed E-state index contributed by atoms with van der Waals surface area (Å²) in [4.78, 5) is 21.1. The minimum atomic E-state index is -1.52. The van der Waals surface area contributed by atoms with Gasteiger partial charge in [0, 0.05) is 17.4 Å². The number of carbonyl (C=O) groups excluding carboxylic acids is 1. The Balaban J connectivity index is 1.49. The molecule has 5 rings (SSSR count). The van der Waals surface area contributed by atoms with Gasteiger partial charge < -0.3 is 35.1 Å². The number of benzene rings is 2. The smallest absolute Gasteiger partial charge is 0.339 e. The molecule has 0 saturated heterocycles. The number of carbonyl (C=O) groups is 1. The van der Waals surface area contributed by atoms with Gasteiger partial charge in [-0.1, -0.05) is 30.3 Å². The lowest BCUT2D eigenvalue weighted by molar-refractivity contribution is -0.0680. The monoisotopic (exact) mass is 490 g/mol. The molecule has 1 atom stereocenters. The van der Waals surface area contributed by atoms with Gasteiger partial charge in [-0.3, -0.25) is 0 Å². The molecule has 2 aromatic carbocycles. The van der Waals surface area contributed by atoms with Gasteiger partial charge in [0.1, 0.15) is 5.82 Å². The van der Waals surface area contributed by atoms with Gasteiger partial charge in [0.15, 0.2) is 5.60 Å². The fourth-order valence-corrected chi connectivity index (χ4v) is 3.96. The van der Waals surface area contributed by atoms with Gasteiger partial charge in [-0.2, -0.15) is 4.98 Å². The van der Waals surface area contributed by atoms with E-state index in [1.54, 1.807) is 12.1 Å². The van der Waals surface area contributed by atoms with E-state index in [1.165, 1.54) is 18.7 Å². The summed E-state index contributed by atoms with van der Waals surface area (Å²) in [5, 5.41) is 43.5. The average Bonchev–Trinajstić information content (AvgIpc) is 3.55. The summed E-state index contributed by atoms with van der Waals surface area (Å²) in [6.45, 7) is -1.35. The van der Waals surface area contributed by atoms with E-state index in [4.69, 9.17) is 9.15 Å². The normalized spacial score (nSPS) is 14.7. The van der Waals surface area contributed by atoms with Crippen molar-refractivity contribution in [3.05, 3.63) is 77.8 Å². The standard InChI is InChI=1S/C24H22N6O6/c31-10-19(14-4-2-1-3-5-14)28-20-17(21-30-26-13-35-21)9-25-23(29-20)27-15-6-7-16-18(8-15)24(11-32,12-33)36-22(16)34/h1-9,13,19,31-33H,10-12H2,(H2,25,27,28,29)/t19-/m1/s1. The topological polar surface area (TPSA) is 176 Å². The van der Waals surface area contributed by atoms with Crippen molar-refractivity contribution in [1.29, 1.82) is 0 Å². The van der Waals surface area contributed by atoms with Crippen LogP contribution >= 0.6 is 0 Å². The third-order valence-electron chi connectivity index (χ3n) is 5.86. The molecule has 0 aliphatic carbocycles. The quantitative estimate of drug-likeness (QED) is 0.215. The predicted molar refractivity (Wildman–Crippen MR) is 126 cm³/mol. The molecule has 0 radical (unpaired) electrons. The van der Waals surface area contributed by atoms with Crippen LogP contribution in [0.1, 0.15) is 27.5 Å². The number of aliphatic hydroxyl groups excluding tert-OH is 3. The molecule has 12 heteroatoms. The second kappa shape index (κ2) is 9.70. The Morgan fingerprint density at radius 3 is 2.53 bits per heavy atom. The van der Waals surface area contributed by atoms with Crippen LogP contribution < -0.4 is 10.6 Å². The number of aromatic nitrogens is 4. The van der Waals surface area contributed by atoms with Crippen molar-refractivity contribution in [3.63, 3.8) is 0 Å². The zero-order chi connectivity index (χ0) is 25.1. The third-order valence-corrected chi connectivity index (χ3v) is 5.86. The molecule has 5 N–H and O–H groups in total. The first kappa shape index (κ1) is 23.4. The van der Waals surface area contributed by atoms with Crippen LogP contribution in [-0.4, -0.2) is 61.3 Å². The second-order valence-electron chi connectivity index (χ2n) is 8.08. The van der Waals surface area contributed by atoms with Gasteiger partial charge >= 0.3 is 5.97 Å². The van der Waals surface area contributed by atoms with Crippen molar-refractivity contribution in [2.45, 2.75) is 11.6 Å². The van der Waals surface area contributed by atoms with Crippen molar-refractivity contribution in [3.8, 4) is 11.5 Å². The molecule has 0 saturated carbocycles. The molecule has 4 aromatic rings. The number of nitrogens with zero attached hydrogens (tertiary/aromatic N) is 4. The van der Waals surface area contributed by atoms with Gasteiger partial charge in [-0.05, 0) is 23.8 Å². The highest BCUT2D eigenvalue weighted by Gasteiger charge is 2.45. The highest BCUT2D eigenvalue weighted by atomic mass is 16.6. The van der Waals surface area contributed by atoms with E-state index in [0.717, 1.165) is 5.56 Å². The Morgan fingerprint density at radius 2 is 1.83 bits per heavy atom. The molecule has 0 bridgehead atoms. The Labute approximate surface area is 204 Å². The summed E-state index contributed by atoms with van der Waals surface area (Å²) < 4.78 is 10.6. The van der Waals surface area contributed by atoms with Crippen LogP contribution in [0.3, 0.4) is 0 Å². The fourth-order valence-electron chi connectivity index (χ4n) is 3.96. The van der Waals surface area contributed by atoms with E-state index in [2.05, 4.69) is 30.8 Å². The highest BCUT2D eigenvalue weighted by Crippen LogP contribution is 2.38. The first-order chi connectivity index (χ1) is 17.6. The molecule has 184 valence electrons. The van der Waals surface area contributed by atoms with Gasteiger partial charge in [-0.25, -0.2) is 9.78 Å². The minimum Gasteiger partial charge on any atom is -0.446 e. The van der Waals surface area contributed by atoms with Crippen LogP contribution in [0.25, 0.3) is 11.5 Å². The minimum absolute atomic E-state index is 0.189. The van der Waals surface area contributed by atoms with Crippen molar-refractivity contribution in [1.82, 2.24) is 20.2 Å². The second-order valence-corrected chi connectivity index (χ2v) is 8.08. The van der Waals surface area contributed by atoms with Gasteiger partial charge in [0.05, 0.1) is 37.0 Å². The summed E-state index contributed by atoms with van der Waals surface area (Å²) in [6, 6.07) is 13.7. The number of cyclic esters (lactones) is 1. The number of rotatable bonds is 9. The molecule has 2 aromatic heterocycles. The summed E-state index contributed by atoms with van der Waals surface area (Å²) in [7, 11) is 0. The number of anilines is 3. The molecule has 0 amide bonds. The maximum absolute atomic E-state index is 12.2. The molecule has 1 aliphatic rings. The Morgan fingerprint density at radius 1 is 1.03 bits per heavy atom. The van der Waals surface area contributed by atoms with Crippen molar-refractivity contribution in [2.24, 2.45) is 0 Å². The fraction of sp³-hybridized carbons (Fsp3) is 0.208. The SMILES string of the molecule is O=C1OC(CO)(CO)c2cc(Nc3ncc(-c4nnco4)c(N[C@H](CO)c4ccccc4)n3)ccc21. The van der Waals surface area contributed by atoms with Crippen molar-refractivity contribution >= 4 is 23.4 Å². The van der Waals surface area contributed by atoms with Crippen molar-refractivity contribution in [2.75, 3.05) is 30.5 Å². The Kier molecular flexibility index (Phi) is 6.29. The number of ether oxygens (including phenoxy) is 1. The highest BCUT2D eigenvalue weighted by molar-refractivity contribution is 5.95. The summed E-state index contributed by atoms with van der Waals surface area (Å²) in [5.41, 5.74) is 0.859. The van der Waals surface area contributed by atoms with Gasteiger partial charge in [0.2, 0.25) is 12.3 Å². The lowest BCUT2D eigenvalue weighted by atomic mass is 9.93. The van der Waals surface area contributed by atoms with Crippen LogP contribution in [0.4, 0.5) is 17.5 Å². The average molecular weight is 490 g/mol. The van der Waals surface area contributed by atoms with Crippen LogP contribution in [0.5, 0.6) is 0 Å². The Bertz CT molecular complexity index is 1360. The maximum atomic E-state index is 12.2. The molecule has 36 heavy (non-hydrogen) atoms. The number of fused-ring (bicyclic) bond motifs is 1. The van der Waals surface area contributed by atoms with Gasteiger partial charge in [0.25, 0.3) is 5.89 Å². The van der Waals surface area contributed by atoms with E-state index in [-0.39, 0.29) is 24.0 Å². The number of hydrogen-bond donors (Lipinski definition) is 5. The molecule has 0 spiro atoms. The molecular formula is C24H22N6O6. The number of esters is 1. The lowest BCUT2D eigenvalue weighted by Gasteiger charge is -2.24. The first-order valence-corrected chi connectivity index (χ1v) is 11.0. The zero-order valence-corrected chi connectivity index (χ0v) is 18.8. The molecule has 0 fully saturated rings. The van der Waals surface area contributed by atoms with E-state index in [0.29, 0.717) is 22.6 Å². The summed E-state index contributed by atoms with van der Waals surface area (Å²) >= 11 is 0. The van der Waals surface area contributed by atoms with E-state index < -0.39 is 30.8 Å². The molecular weight excluding hydrogens is 468 g/mol. The van der Waals surface area contributed by atoms with Gasteiger partial charge in [-0.15, -0.1) is 10.2 Å². The van der Waals surface area contributed by atoms with Crippen LogP contribution in [0, 0.1) is 0 Å². The van der Waals surface area contributed by atoms with Crippen LogP contribution in [-0.2, 0) is 10.3 Å². The van der Waals surface area contributed by atoms with Crippen LogP contribution in [0.15, 0.2) is 65.5 Å². The molecule has 1 aliphatic heterocycles. The molecule has 12 nitrogen and oxygen atoms in total. The number of nitrogens with one attached hydrogen (secondary N) is 2. The number of hydrogen-bond acceptors (Lipinski definition) is 12. The Hall–Kier alpha value is -4.39. The number of aliphatic hydroxyl groups is 3. The van der Waals surface area contributed by atoms with E-state index in [9.17, 15) is 20.1 Å². The molecule has 0 unspecified atom stereocenters. The maximum Gasteiger partial charge on any atom is 0.339 e. The summed E-state index contributed by atoms with van der Waals surface area (Å²) in [5.74, 6) is 0.0913. The van der Waals surface area contributed by atoms with Crippen molar-refractivity contribution < 1.29 is 29.3 Å². The third kappa shape index (κ3) is 4.24. The first-order valence-electron chi connectivity index (χ1n) is 11.0. The summed E-state index contributed by atoms with van der Waals surface area (Å²) in [6.07, 6.45) is 2.69. The molecule has 3 heterocycles. The largest absolute Gasteiger partial charge is 0.446 e.